The first-order valence-electron chi connectivity index (χ1n) is 11.0. The summed E-state index contributed by atoms with van der Waals surface area (Å²) in [5, 5.41) is 12.2. The molecule has 2 rings (SSSR count). The fourth-order valence-electron chi connectivity index (χ4n) is 3.47. The normalized spacial score (nSPS) is 14.5. The summed E-state index contributed by atoms with van der Waals surface area (Å²) in [5.74, 6) is -0.876. The van der Waals surface area contributed by atoms with E-state index in [-0.39, 0.29) is 36.2 Å². The Hall–Kier alpha value is -2.53. The Morgan fingerprint density at radius 3 is 2.29 bits per heavy atom. The average molecular weight is 496 g/mol. The Kier molecular flexibility index (Phi) is 9.99. The first-order valence-corrected chi connectivity index (χ1v) is 12.4. The fourth-order valence-corrected chi connectivity index (χ4v) is 4.65. The zero-order valence-electron chi connectivity index (χ0n) is 20.2. The van der Waals surface area contributed by atoms with Gasteiger partial charge in [-0.3, -0.25) is 0 Å². The molecular formula is C24H34FN3O5S. The molecule has 0 aromatic heterocycles. The van der Waals surface area contributed by atoms with Gasteiger partial charge in [0.15, 0.2) is 0 Å². The zero-order chi connectivity index (χ0) is 25.5. The number of methoxy groups -OCH3 is 1. The minimum Gasteiger partial charge on any atom is -0.394 e. The predicted octanol–water partition coefficient (Wildman–Crippen LogP) is 3.32. The van der Waals surface area contributed by atoms with E-state index in [4.69, 9.17) is 4.74 Å². The summed E-state index contributed by atoms with van der Waals surface area (Å²) < 4.78 is 46.7. The molecule has 0 spiro atoms. The first kappa shape index (κ1) is 27.7. The van der Waals surface area contributed by atoms with Gasteiger partial charge in [0.05, 0.1) is 29.3 Å². The number of urea groups is 1. The zero-order valence-corrected chi connectivity index (χ0v) is 21.0. The second-order valence-corrected chi connectivity index (χ2v) is 10.5. The molecule has 0 aliphatic carbocycles. The Balaban J connectivity index is 2.14. The molecule has 0 unspecified atom stereocenters. The maximum absolute atomic E-state index is 14.0. The van der Waals surface area contributed by atoms with E-state index in [2.05, 4.69) is 5.32 Å². The van der Waals surface area contributed by atoms with Crippen LogP contribution >= 0.6 is 0 Å². The standard InChI is InChI=1S/C24H34FN3O5S/c1-17-10-12-20(13-11-17)34(31,32)27(4)15-23(33-5)18(2)14-28(19(3)16-29)24(30)26-22-9-7-6-8-21(22)25/h6-13,18-19,23,29H,14-16H2,1-5H3,(H,26,30)/t18-,19+,23+/m1/s1. The quantitative estimate of drug-likeness (QED) is 0.498. The molecule has 0 saturated heterocycles. The summed E-state index contributed by atoms with van der Waals surface area (Å²) >= 11 is 0. The lowest BCUT2D eigenvalue weighted by Gasteiger charge is -2.34. The highest BCUT2D eigenvalue weighted by Crippen LogP contribution is 2.20. The molecule has 0 bridgehead atoms. The molecular weight excluding hydrogens is 461 g/mol. The van der Waals surface area contributed by atoms with Crippen LogP contribution in [0.5, 0.6) is 0 Å². The summed E-state index contributed by atoms with van der Waals surface area (Å²) in [5.41, 5.74) is 0.985. The number of aliphatic hydroxyl groups is 1. The molecule has 0 aliphatic rings. The number of benzene rings is 2. The van der Waals surface area contributed by atoms with Gasteiger partial charge in [-0.15, -0.1) is 0 Å². The Labute approximate surface area is 201 Å². The van der Waals surface area contributed by atoms with E-state index >= 15 is 0 Å². The number of rotatable bonds is 11. The van der Waals surface area contributed by atoms with Crippen LogP contribution in [0.25, 0.3) is 0 Å². The largest absolute Gasteiger partial charge is 0.394 e. The number of para-hydroxylation sites is 1. The topological polar surface area (TPSA) is 99.2 Å². The molecule has 10 heteroatoms. The van der Waals surface area contributed by atoms with Crippen molar-refractivity contribution in [3.63, 3.8) is 0 Å². The Morgan fingerprint density at radius 2 is 1.74 bits per heavy atom. The van der Waals surface area contributed by atoms with Gasteiger partial charge in [0.1, 0.15) is 5.82 Å². The van der Waals surface area contributed by atoms with Crippen LogP contribution in [0, 0.1) is 18.7 Å². The number of hydrogen-bond acceptors (Lipinski definition) is 5. The number of anilines is 1. The van der Waals surface area contributed by atoms with Crippen molar-refractivity contribution in [2.75, 3.05) is 39.2 Å². The maximum Gasteiger partial charge on any atom is 0.322 e. The van der Waals surface area contributed by atoms with Crippen molar-refractivity contribution in [1.29, 1.82) is 0 Å². The lowest BCUT2D eigenvalue weighted by molar-refractivity contribution is 0.0305. The predicted molar refractivity (Wildman–Crippen MR) is 130 cm³/mol. The summed E-state index contributed by atoms with van der Waals surface area (Å²) in [6, 6.07) is 11.3. The number of aryl methyl sites for hydroxylation is 1. The minimum absolute atomic E-state index is 0.0301. The molecule has 188 valence electrons. The molecule has 2 aromatic carbocycles. The van der Waals surface area contributed by atoms with Crippen LogP contribution in [-0.2, 0) is 14.8 Å². The van der Waals surface area contributed by atoms with Crippen molar-refractivity contribution in [2.24, 2.45) is 5.92 Å². The third-order valence-corrected chi connectivity index (χ3v) is 7.60. The van der Waals surface area contributed by atoms with E-state index in [0.717, 1.165) is 5.56 Å². The number of amides is 2. The van der Waals surface area contributed by atoms with Crippen molar-refractivity contribution in [3.8, 4) is 0 Å². The van der Waals surface area contributed by atoms with Gasteiger partial charge in [-0.1, -0.05) is 36.8 Å². The number of hydrogen-bond donors (Lipinski definition) is 2. The number of carbonyl (C=O) groups excluding carboxylic acids is 1. The molecule has 0 heterocycles. The molecule has 0 fully saturated rings. The third-order valence-electron chi connectivity index (χ3n) is 5.76. The second-order valence-electron chi connectivity index (χ2n) is 8.44. The van der Waals surface area contributed by atoms with Crippen LogP contribution in [0.15, 0.2) is 53.4 Å². The fraction of sp³-hybridized carbons (Fsp3) is 0.458. The van der Waals surface area contributed by atoms with Crippen LogP contribution < -0.4 is 5.32 Å². The number of sulfonamides is 1. The minimum atomic E-state index is -3.73. The number of carbonyl (C=O) groups is 1. The van der Waals surface area contributed by atoms with Crippen LogP contribution in [-0.4, -0.2) is 74.8 Å². The molecule has 2 aromatic rings. The van der Waals surface area contributed by atoms with Gasteiger partial charge in [-0.25, -0.2) is 17.6 Å². The molecule has 2 N–H and O–H groups in total. The van der Waals surface area contributed by atoms with E-state index in [1.807, 2.05) is 13.8 Å². The number of nitrogens with one attached hydrogen (secondary N) is 1. The smallest absolute Gasteiger partial charge is 0.322 e. The van der Waals surface area contributed by atoms with E-state index in [1.165, 1.54) is 41.6 Å². The molecule has 34 heavy (non-hydrogen) atoms. The Morgan fingerprint density at radius 1 is 1.12 bits per heavy atom. The van der Waals surface area contributed by atoms with Crippen LogP contribution in [0.2, 0.25) is 0 Å². The monoisotopic (exact) mass is 495 g/mol. The number of halogens is 1. The summed E-state index contributed by atoms with van der Waals surface area (Å²) in [6.45, 7) is 5.29. The molecule has 0 aliphatic heterocycles. The molecule has 8 nitrogen and oxygen atoms in total. The lowest BCUT2D eigenvalue weighted by Crippen LogP contribution is -2.49. The Bertz CT molecular complexity index is 1050. The van der Waals surface area contributed by atoms with Crippen molar-refractivity contribution in [2.45, 2.75) is 37.8 Å². The molecule has 2 amide bonds. The lowest BCUT2D eigenvalue weighted by atomic mass is 10.0. The highest BCUT2D eigenvalue weighted by atomic mass is 32.2. The highest BCUT2D eigenvalue weighted by Gasteiger charge is 2.30. The van der Waals surface area contributed by atoms with E-state index in [0.29, 0.717) is 0 Å². The SMILES string of the molecule is CO[C@@H](CN(C)S(=O)(=O)c1ccc(C)cc1)[C@H](C)CN(C(=O)Nc1ccccc1F)[C@@H](C)CO. The van der Waals surface area contributed by atoms with Crippen molar-refractivity contribution in [3.05, 3.63) is 59.9 Å². The van der Waals surface area contributed by atoms with Crippen LogP contribution in [0.1, 0.15) is 19.4 Å². The van der Waals surface area contributed by atoms with E-state index in [1.54, 1.807) is 37.3 Å². The van der Waals surface area contributed by atoms with Gasteiger partial charge in [0.2, 0.25) is 10.0 Å². The van der Waals surface area contributed by atoms with Gasteiger partial charge in [0, 0.05) is 33.2 Å². The van der Waals surface area contributed by atoms with Gasteiger partial charge in [-0.05, 0) is 38.1 Å². The number of aliphatic hydroxyl groups excluding tert-OH is 1. The van der Waals surface area contributed by atoms with Crippen molar-refractivity contribution >= 4 is 21.7 Å². The number of ether oxygens (including phenoxy) is 1. The highest BCUT2D eigenvalue weighted by molar-refractivity contribution is 7.89. The van der Waals surface area contributed by atoms with Gasteiger partial charge >= 0.3 is 6.03 Å². The third kappa shape index (κ3) is 6.99. The van der Waals surface area contributed by atoms with Crippen molar-refractivity contribution in [1.82, 2.24) is 9.21 Å². The van der Waals surface area contributed by atoms with Gasteiger partial charge in [0.25, 0.3) is 0 Å². The number of likely N-dealkylation sites (N-methyl/N-ethyl adjacent to an activating group) is 1. The summed E-state index contributed by atoms with van der Waals surface area (Å²) in [4.78, 5) is 14.5. The summed E-state index contributed by atoms with van der Waals surface area (Å²) in [6.07, 6.45) is -0.542. The van der Waals surface area contributed by atoms with Crippen LogP contribution in [0.4, 0.5) is 14.9 Å². The maximum atomic E-state index is 14.0. The van der Waals surface area contributed by atoms with Gasteiger partial charge in [-0.2, -0.15) is 4.31 Å². The summed E-state index contributed by atoms with van der Waals surface area (Å²) in [7, 11) is -0.769. The molecule has 0 radical (unpaired) electrons. The van der Waals surface area contributed by atoms with Crippen molar-refractivity contribution < 1.29 is 27.4 Å². The van der Waals surface area contributed by atoms with Crippen LogP contribution in [0.3, 0.4) is 0 Å². The molecule has 0 saturated carbocycles. The average Bonchev–Trinajstić information content (AvgIpc) is 2.81. The second kappa shape index (κ2) is 12.3. The van der Waals surface area contributed by atoms with E-state index in [9.17, 15) is 22.7 Å². The van der Waals surface area contributed by atoms with E-state index < -0.39 is 34.0 Å². The van der Waals surface area contributed by atoms with Gasteiger partial charge < -0.3 is 20.1 Å². The molecule has 3 atom stereocenters. The first-order chi connectivity index (χ1) is 16.0. The number of nitrogens with zero attached hydrogens (tertiary/aromatic N) is 2.